The minimum Gasteiger partial charge on any atom is -0.456 e. The summed E-state index contributed by atoms with van der Waals surface area (Å²) in [4.78, 5) is 41.3. The molecule has 0 radical (unpaired) electrons. The highest BCUT2D eigenvalue weighted by Gasteiger charge is 2.69. The number of hydrogen-bond acceptors (Lipinski definition) is 10. The summed E-state index contributed by atoms with van der Waals surface area (Å²) in [6.45, 7) is 9.17. The van der Waals surface area contributed by atoms with Gasteiger partial charge in [0.15, 0.2) is 6.10 Å². The summed E-state index contributed by atoms with van der Waals surface area (Å²) in [6.07, 6.45) is 2.39. The zero-order valence-corrected chi connectivity index (χ0v) is 24.9. The van der Waals surface area contributed by atoms with E-state index in [1.54, 1.807) is 32.2 Å². The average Bonchev–Trinajstić information content (AvgIpc) is 3.55. The number of aliphatic hydroxyl groups excluding tert-OH is 1. The van der Waals surface area contributed by atoms with Gasteiger partial charge in [0.05, 0.1) is 12.7 Å². The molecular formula is C31H41NO10. The zero-order valence-electron chi connectivity index (χ0n) is 24.9. The predicted molar refractivity (Wildman–Crippen MR) is 148 cm³/mol. The number of rotatable bonds is 6. The highest BCUT2D eigenvalue weighted by atomic mass is 16.7. The number of aromatic nitrogens is 1. The van der Waals surface area contributed by atoms with E-state index in [0.29, 0.717) is 5.69 Å². The van der Waals surface area contributed by atoms with Crippen molar-refractivity contribution in [2.45, 2.75) is 83.3 Å². The summed E-state index contributed by atoms with van der Waals surface area (Å²) in [5.41, 5.74) is 0.177. The van der Waals surface area contributed by atoms with Crippen LogP contribution in [0, 0.1) is 29.6 Å². The Morgan fingerprint density at radius 2 is 2.02 bits per heavy atom. The zero-order chi connectivity index (χ0) is 30.3. The van der Waals surface area contributed by atoms with Crippen LogP contribution in [0.5, 0.6) is 0 Å². The van der Waals surface area contributed by atoms with Crippen LogP contribution < -0.4 is 0 Å². The molecule has 4 bridgehead atoms. The Bertz CT molecular complexity index is 1230. The second-order valence-electron chi connectivity index (χ2n) is 11.8. The third-order valence-corrected chi connectivity index (χ3v) is 9.47. The maximum Gasteiger partial charge on any atom is 0.508 e. The van der Waals surface area contributed by atoms with Crippen LogP contribution in [0.1, 0.15) is 51.5 Å². The smallest absolute Gasteiger partial charge is 0.456 e. The topological polar surface area (TPSA) is 143 Å². The molecule has 2 N–H and O–H groups in total. The molecule has 11 nitrogen and oxygen atoms in total. The fourth-order valence-corrected chi connectivity index (χ4v) is 7.50. The van der Waals surface area contributed by atoms with Crippen molar-refractivity contribution in [3.63, 3.8) is 0 Å². The fraction of sp³-hybridized carbons (Fsp3) is 0.645. The number of nitrogens with one attached hydrogen (secondary N) is 1. The molecule has 1 saturated heterocycles. The Kier molecular flexibility index (Phi) is 8.55. The third-order valence-electron chi connectivity index (χ3n) is 9.47. The van der Waals surface area contributed by atoms with Gasteiger partial charge in [0.1, 0.15) is 35.7 Å². The molecule has 2 aliphatic heterocycles. The molecule has 3 heterocycles. The second-order valence-corrected chi connectivity index (χ2v) is 11.8. The number of aliphatic hydroxyl groups is 1. The molecule has 1 spiro atoms. The van der Waals surface area contributed by atoms with Gasteiger partial charge in [0.2, 0.25) is 0 Å². The number of esters is 2. The SMILES string of the molecule is CCOC(=O)O[C@H](C)[C@H]1OC(=O)[C@@H](OC)CC2C=C[C@H]3[C@H]4O[C@]2(/C(C)=C/[C@H]1C)[C@@H]3[C@H](O)[C@@H](C)[C@H]4OC(=O)c1ccc[nH]1. The first-order valence-corrected chi connectivity index (χ1v) is 14.7. The molecule has 0 aromatic carbocycles. The van der Waals surface area contributed by atoms with Gasteiger partial charge in [-0.3, -0.25) is 0 Å². The van der Waals surface area contributed by atoms with Crippen LogP contribution in [0.25, 0.3) is 0 Å². The lowest BCUT2D eigenvalue weighted by Gasteiger charge is -2.48. The normalized spacial score (nSPS) is 41.0. The summed E-state index contributed by atoms with van der Waals surface area (Å²) in [5, 5.41) is 11.8. The third kappa shape index (κ3) is 5.05. The van der Waals surface area contributed by atoms with Crippen molar-refractivity contribution >= 4 is 18.1 Å². The lowest BCUT2D eigenvalue weighted by Crippen LogP contribution is -2.57. The molecule has 1 aromatic rings. The summed E-state index contributed by atoms with van der Waals surface area (Å²) in [6, 6.07) is 3.36. The van der Waals surface area contributed by atoms with E-state index >= 15 is 0 Å². The van der Waals surface area contributed by atoms with Crippen molar-refractivity contribution < 1.29 is 47.9 Å². The molecule has 11 heteroatoms. The first-order chi connectivity index (χ1) is 20.0. The Labute approximate surface area is 245 Å². The molecule has 230 valence electrons. The average molecular weight is 588 g/mol. The largest absolute Gasteiger partial charge is 0.508 e. The molecule has 1 aromatic heterocycles. The number of cyclic esters (lactones) is 1. The molecule has 42 heavy (non-hydrogen) atoms. The fourth-order valence-electron chi connectivity index (χ4n) is 7.50. The summed E-state index contributed by atoms with van der Waals surface area (Å²) < 4.78 is 34.9. The molecule has 1 saturated carbocycles. The van der Waals surface area contributed by atoms with Crippen molar-refractivity contribution in [1.29, 1.82) is 0 Å². The van der Waals surface area contributed by atoms with Gasteiger partial charge in [0, 0.05) is 42.9 Å². The standard InChI is InChI=1S/C31H41NO10/c1-7-38-30(36)39-18(5)25-15(2)13-16(3)31-19(14-22(37-6)29(35)40-25)10-11-20-23(31)24(33)17(4)26(27(20)42-31)41-28(34)21-9-8-12-32-21/h8-13,15,17-20,22-27,32-33H,7,14H2,1-6H3/b16-13+/t15-,17-,18-,19?,20-,22+,23+,24-,25+,26-,27-,31+/m1/s1. The van der Waals surface area contributed by atoms with E-state index < -0.39 is 72.2 Å². The Morgan fingerprint density at radius 1 is 1.26 bits per heavy atom. The molecule has 4 aliphatic rings. The van der Waals surface area contributed by atoms with E-state index in [4.69, 9.17) is 28.4 Å². The quantitative estimate of drug-likeness (QED) is 0.288. The van der Waals surface area contributed by atoms with Crippen molar-refractivity contribution in [1.82, 2.24) is 4.98 Å². The highest BCUT2D eigenvalue weighted by Crippen LogP contribution is 2.61. The predicted octanol–water partition coefficient (Wildman–Crippen LogP) is 3.58. The Hall–Kier alpha value is -3.15. The van der Waals surface area contributed by atoms with Gasteiger partial charge in [-0.1, -0.05) is 32.1 Å². The molecule has 5 rings (SSSR count). The molecule has 12 atom stereocenters. The van der Waals surface area contributed by atoms with E-state index in [0.717, 1.165) is 5.57 Å². The second kappa shape index (κ2) is 11.9. The van der Waals surface area contributed by atoms with Crippen LogP contribution in [-0.4, -0.2) is 84.1 Å². The van der Waals surface area contributed by atoms with Crippen molar-refractivity contribution in [2.24, 2.45) is 29.6 Å². The first-order valence-electron chi connectivity index (χ1n) is 14.7. The minimum atomic E-state index is -0.996. The van der Waals surface area contributed by atoms with E-state index in [1.165, 1.54) is 7.11 Å². The monoisotopic (exact) mass is 587 g/mol. The van der Waals surface area contributed by atoms with E-state index in [-0.39, 0.29) is 30.8 Å². The summed E-state index contributed by atoms with van der Waals surface area (Å²) in [7, 11) is 1.44. The van der Waals surface area contributed by atoms with E-state index in [1.807, 2.05) is 39.0 Å². The van der Waals surface area contributed by atoms with Crippen LogP contribution in [0.4, 0.5) is 4.79 Å². The van der Waals surface area contributed by atoms with Gasteiger partial charge in [-0.25, -0.2) is 14.4 Å². The van der Waals surface area contributed by atoms with E-state index in [9.17, 15) is 19.5 Å². The van der Waals surface area contributed by atoms with Gasteiger partial charge < -0.3 is 38.5 Å². The lowest BCUT2D eigenvalue weighted by molar-refractivity contribution is -0.173. The maximum atomic E-state index is 13.4. The number of methoxy groups -OCH3 is 1. The van der Waals surface area contributed by atoms with Crippen LogP contribution >= 0.6 is 0 Å². The van der Waals surface area contributed by atoms with Gasteiger partial charge in [-0.05, 0) is 44.9 Å². The number of carbonyl (C=O) groups excluding carboxylic acids is 3. The van der Waals surface area contributed by atoms with Crippen LogP contribution in [0.3, 0.4) is 0 Å². The van der Waals surface area contributed by atoms with Gasteiger partial charge >= 0.3 is 18.1 Å². The number of ether oxygens (including phenoxy) is 6. The van der Waals surface area contributed by atoms with Gasteiger partial charge in [-0.2, -0.15) is 0 Å². The van der Waals surface area contributed by atoms with Crippen LogP contribution in [0.2, 0.25) is 0 Å². The Balaban J connectivity index is 1.53. The van der Waals surface area contributed by atoms with Crippen LogP contribution in [0.15, 0.2) is 42.1 Å². The minimum absolute atomic E-state index is 0.150. The maximum absolute atomic E-state index is 13.4. The number of hydrogen-bond donors (Lipinski definition) is 2. The van der Waals surface area contributed by atoms with E-state index in [2.05, 4.69) is 4.98 Å². The number of aromatic amines is 1. The Morgan fingerprint density at radius 3 is 2.69 bits per heavy atom. The van der Waals surface area contributed by atoms with Crippen molar-refractivity contribution in [3.8, 4) is 0 Å². The molecular weight excluding hydrogens is 546 g/mol. The van der Waals surface area contributed by atoms with Gasteiger partial charge in [0.25, 0.3) is 0 Å². The van der Waals surface area contributed by atoms with Crippen molar-refractivity contribution in [2.75, 3.05) is 13.7 Å². The summed E-state index contributed by atoms with van der Waals surface area (Å²) >= 11 is 0. The van der Waals surface area contributed by atoms with Crippen molar-refractivity contribution in [3.05, 3.63) is 47.8 Å². The number of carbonyl (C=O) groups is 3. The molecule has 0 amide bonds. The van der Waals surface area contributed by atoms with Gasteiger partial charge in [-0.15, -0.1) is 0 Å². The number of H-pyrrole nitrogens is 1. The lowest BCUT2D eigenvalue weighted by atomic mass is 9.57. The molecule has 2 aliphatic carbocycles. The molecule has 2 fully saturated rings. The first kappa shape index (κ1) is 30.3. The highest BCUT2D eigenvalue weighted by molar-refractivity contribution is 5.87. The van der Waals surface area contributed by atoms with Crippen LogP contribution in [-0.2, 0) is 33.2 Å². The molecule has 1 unspecified atom stereocenters. The summed E-state index contributed by atoms with van der Waals surface area (Å²) in [5.74, 6) is -2.82.